The molecule has 1 heteroatoms. The zero-order chi connectivity index (χ0) is 30.9. The van der Waals surface area contributed by atoms with Crippen molar-refractivity contribution in [2.24, 2.45) is 0 Å². The highest BCUT2D eigenvalue weighted by molar-refractivity contribution is 6.22. The lowest BCUT2D eigenvalue weighted by atomic mass is 9.85. The molecule has 1 nitrogen and oxygen atoms in total. The molecule has 0 spiro atoms. The summed E-state index contributed by atoms with van der Waals surface area (Å²) >= 11 is 0. The van der Waals surface area contributed by atoms with Crippen molar-refractivity contribution < 1.29 is 8.53 Å². The van der Waals surface area contributed by atoms with E-state index in [9.17, 15) is 2.74 Å². The minimum Gasteiger partial charge on any atom is -0.455 e. The van der Waals surface area contributed by atoms with Gasteiger partial charge in [0, 0.05) is 16.2 Å². The summed E-state index contributed by atoms with van der Waals surface area (Å²) in [6.45, 7) is 0. The molecule has 0 saturated carbocycles. The van der Waals surface area contributed by atoms with E-state index in [0.29, 0.717) is 16.5 Å². The van der Waals surface area contributed by atoms with Gasteiger partial charge in [0.25, 0.3) is 0 Å². The predicted molar refractivity (Wildman–Crippen MR) is 183 cm³/mol. The summed E-state index contributed by atoms with van der Waals surface area (Å²) in [5.41, 5.74) is 6.72. The second-order valence-electron chi connectivity index (χ2n) is 11.0. The first-order valence-corrected chi connectivity index (χ1v) is 14.5. The third-order valence-corrected chi connectivity index (χ3v) is 8.59. The Kier molecular flexibility index (Phi) is 4.63. The Labute approximate surface area is 253 Å². The van der Waals surface area contributed by atoms with Crippen LogP contribution in [0.15, 0.2) is 162 Å². The zero-order valence-corrected chi connectivity index (χ0v) is 23.2. The van der Waals surface area contributed by atoms with E-state index >= 15 is 0 Å². The number of furan rings is 1. The van der Waals surface area contributed by atoms with Crippen molar-refractivity contribution in [2.45, 2.75) is 0 Å². The van der Waals surface area contributed by atoms with Crippen LogP contribution in [0, 0.1) is 0 Å². The van der Waals surface area contributed by atoms with Crippen LogP contribution in [0.5, 0.6) is 0 Å². The van der Waals surface area contributed by atoms with Crippen molar-refractivity contribution in [3.63, 3.8) is 0 Å². The van der Waals surface area contributed by atoms with E-state index in [1.54, 1.807) is 0 Å². The van der Waals surface area contributed by atoms with Gasteiger partial charge in [-0.3, -0.25) is 0 Å². The minimum absolute atomic E-state index is 0.00358. The van der Waals surface area contributed by atoms with Crippen LogP contribution in [0.4, 0.5) is 0 Å². The first-order chi connectivity index (χ1) is 22.6. The molecule has 9 rings (SSSR count). The summed E-state index contributed by atoms with van der Waals surface area (Å²) < 4.78 is 34.4. The summed E-state index contributed by atoms with van der Waals surface area (Å²) in [6.07, 6.45) is 0. The van der Waals surface area contributed by atoms with Gasteiger partial charge in [0.05, 0.1) is 4.11 Å². The molecule has 1 aromatic heterocycles. The molecule has 0 fully saturated rings. The normalized spacial score (nSPS) is 12.7. The highest BCUT2D eigenvalue weighted by Gasteiger charge is 2.18. The molecule has 0 atom stereocenters. The molecule has 0 aliphatic heterocycles. The van der Waals surface area contributed by atoms with E-state index in [0.717, 1.165) is 60.0 Å². The molecule has 8 aromatic carbocycles. The summed E-state index contributed by atoms with van der Waals surface area (Å²) in [5.74, 6) is 0. The van der Waals surface area contributed by atoms with Crippen molar-refractivity contribution in [2.75, 3.05) is 0 Å². The Morgan fingerprint density at radius 2 is 0.907 bits per heavy atom. The lowest BCUT2D eigenvalue weighted by Crippen LogP contribution is -1.91. The third kappa shape index (κ3) is 3.72. The van der Waals surface area contributed by atoms with Crippen LogP contribution in [-0.4, -0.2) is 0 Å². The van der Waals surface area contributed by atoms with Crippen LogP contribution in [0.1, 0.15) is 4.11 Å². The maximum atomic E-state index is 9.63. The van der Waals surface area contributed by atoms with E-state index in [-0.39, 0.29) is 23.7 Å². The first kappa shape index (κ1) is 21.1. The molecule has 0 unspecified atom stereocenters. The van der Waals surface area contributed by atoms with Crippen LogP contribution in [0.25, 0.3) is 87.6 Å². The van der Waals surface area contributed by atoms with E-state index in [2.05, 4.69) is 72.8 Å². The SMILES string of the molecule is [2H]c1c(-c2c3ccccc3c(-c3ccc(-c4ccccc4)cc3)c3ccccc23)c([2H])c2c(oc3c4ccccc4ccc32)c1[2H]. The molecule has 43 heavy (non-hydrogen) atoms. The molecule has 0 saturated heterocycles. The van der Waals surface area contributed by atoms with Crippen LogP contribution in [0.3, 0.4) is 0 Å². The van der Waals surface area contributed by atoms with Gasteiger partial charge < -0.3 is 4.42 Å². The van der Waals surface area contributed by atoms with Gasteiger partial charge in [0.1, 0.15) is 11.2 Å². The van der Waals surface area contributed by atoms with Gasteiger partial charge in [-0.15, -0.1) is 0 Å². The Bertz CT molecular complexity index is 2600. The predicted octanol–water partition coefficient (Wildman–Crippen LogP) is 12.0. The van der Waals surface area contributed by atoms with Crippen LogP contribution < -0.4 is 0 Å². The van der Waals surface area contributed by atoms with Gasteiger partial charge >= 0.3 is 0 Å². The maximum absolute atomic E-state index is 9.63. The summed E-state index contributed by atoms with van der Waals surface area (Å²) in [7, 11) is 0. The second kappa shape index (κ2) is 9.44. The molecule has 0 radical (unpaired) electrons. The molecule has 0 bridgehead atoms. The molecule has 1 heterocycles. The average Bonchev–Trinajstić information content (AvgIpc) is 3.52. The number of fused-ring (bicyclic) bond motifs is 7. The fourth-order valence-electron chi connectivity index (χ4n) is 6.61. The van der Waals surface area contributed by atoms with E-state index in [4.69, 9.17) is 5.79 Å². The molecule has 0 N–H and O–H groups in total. The maximum Gasteiger partial charge on any atom is 0.143 e. The summed E-state index contributed by atoms with van der Waals surface area (Å²) in [4.78, 5) is 0. The van der Waals surface area contributed by atoms with Crippen molar-refractivity contribution >= 4 is 54.3 Å². The molecular formula is C42H26O. The summed E-state index contributed by atoms with van der Waals surface area (Å²) in [5, 5.41) is 7.30. The topological polar surface area (TPSA) is 13.1 Å². The highest BCUT2D eigenvalue weighted by atomic mass is 16.3. The van der Waals surface area contributed by atoms with E-state index < -0.39 is 0 Å². The van der Waals surface area contributed by atoms with Crippen molar-refractivity contribution in [3.8, 4) is 33.4 Å². The highest BCUT2D eigenvalue weighted by Crippen LogP contribution is 2.45. The fourth-order valence-corrected chi connectivity index (χ4v) is 6.61. The number of hydrogen-bond donors (Lipinski definition) is 0. The van der Waals surface area contributed by atoms with E-state index in [1.807, 2.05) is 66.7 Å². The molecule has 9 aromatic rings. The van der Waals surface area contributed by atoms with Gasteiger partial charge in [0.15, 0.2) is 0 Å². The Morgan fingerprint density at radius 3 is 1.58 bits per heavy atom. The standard InChI is InChI=1S/C42H26O/c1-2-10-27(11-3-1)28-18-20-30(21-19-28)40-33-14-6-8-16-35(33)41(36-17-9-7-15-34(36)40)31-23-25-39-38(26-31)37-24-22-29-12-4-5-13-32(29)42(37)43-39/h1-26H/i23D,25D,26D. The van der Waals surface area contributed by atoms with Crippen molar-refractivity contribution in [1.82, 2.24) is 0 Å². The van der Waals surface area contributed by atoms with Gasteiger partial charge in [-0.1, -0.05) is 140 Å². The minimum atomic E-state index is -0.00461. The van der Waals surface area contributed by atoms with Crippen LogP contribution in [-0.2, 0) is 0 Å². The quantitative estimate of drug-likeness (QED) is 0.200. The average molecular weight is 550 g/mol. The van der Waals surface area contributed by atoms with Gasteiger partial charge in [-0.05, 0) is 78.5 Å². The molecular weight excluding hydrogens is 520 g/mol. The monoisotopic (exact) mass is 549 g/mol. The molecule has 0 aliphatic carbocycles. The Balaban J connectivity index is 1.36. The number of benzene rings is 8. The lowest BCUT2D eigenvalue weighted by Gasteiger charge is -2.18. The lowest BCUT2D eigenvalue weighted by molar-refractivity contribution is 0.672. The Morgan fingerprint density at radius 1 is 0.372 bits per heavy atom. The number of hydrogen-bond acceptors (Lipinski definition) is 1. The largest absolute Gasteiger partial charge is 0.455 e. The smallest absolute Gasteiger partial charge is 0.143 e. The van der Waals surface area contributed by atoms with Crippen LogP contribution >= 0.6 is 0 Å². The molecule has 200 valence electrons. The van der Waals surface area contributed by atoms with Gasteiger partial charge in [0.2, 0.25) is 0 Å². The number of rotatable bonds is 3. The van der Waals surface area contributed by atoms with Crippen LogP contribution in [0.2, 0.25) is 0 Å². The van der Waals surface area contributed by atoms with Gasteiger partial charge in [-0.25, -0.2) is 0 Å². The molecule has 0 amide bonds. The fraction of sp³-hybridized carbons (Fsp3) is 0. The van der Waals surface area contributed by atoms with Gasteiger partial charge in [-0.2, -0.15) is 0 Å². The third-order valence-electron chi connectivity index (χ3n) is 8.59. The van der Waals surface area contributed by atoms with Crippen molar-refractivity contribution in [1.29, 1.82) is 0 Å². The molecule has 0 aliphatic rings. The van der Waals surface area contributed by atoms with Crippen molar-refractivity contribution in [3.05, 3.63) is 158 Å². The Hall–Kier alpha value is -5.66. The summed E-state index contributed by atoms with van der Waals surface area (Å²) in [6, 6.07) is 47.8. The first-order valence-electron chi connectivity index (χ1n) is 16.0. The second-order valence-corrected chi connectivity index (χ2v) is 11.0. The van der Waals surface area contributed by atoms with E-state index in [1.165, 1.54) is 5.56 Å². The zero-order valence-electron chi connectivity index (χ0n) is 26.2.